The molecule has 0 atom stereocenters. The van der Waals surface area contributed by atoms with Crippen LogP contribution >= 0.6 is 0 Å². The van der Waals surface area contributed by atoms with Gasteiger partial charge in [-0.15, -0.1) is 0 Å². The fourth-order valence-corrected chi connectivity index (χ4v) is 1.72. The standard InChI is InChI=1S/C11H14N2O/c1-2-13-8-10(7-12-13)9-4-3-5-11(14)6-9/h6-8H,2-5H2,1H3. The van der Waals surface area contributed by atoms with Gasteiger partial charge in [0.25, 0.3) is 0 Å². The van der Waals surface area contributed by atoms with Crippen molar-refractivity contribution in [3.8, 4) is 0 Å². The van der Waals surface area contributed by atoms with E-state index < -0.39 is 0 Å². The van der Waals surface area contributed by atoms with Crippen molar-refractivity contribution in [3.63, 3.8) is 0 Å². The van der Waals surface area contributed by atoms with Crippen LogP contribution in [0.15, 0.2) is 18.5 Å². The van der Waals surface area contributed by atoms with E-state index in [0.29, 0.717) is 6.42 Å². The van der Waals surface area contributed by atoms with Crippen LogP contribution < -0.4 is 0 Å². The molecule has 1 aliphatic rings. The smallest absolute Gasteiger partial charge is 0.155 e. The first-order valence-corrected chi connectivity index (χ1v) is 5.06. The molecule has 0 aliphatic heterocycles. The van der Waals surface area contributed by atoms with Crippen LogP contribution in [0, 0.1) is 0 Å². The first-order valence-electron chi connectivity index (χ1n) is 5.06. The van der Waals surface area contributed by atoms with E-state index in [-0.39, 0.29) is 5.78 Å². The molecule has 0 radical (unpaired) electrons. The third kappa shape index (κ3) is 1.76. The summed E-state index contributed by atoms with van der Waals surface area (Å²) in [6.07, 6.45) is 8.29. The molecule has 74 valence electrons. The highest BCUT2D eigenvalue weighted by molar-refractivity contribution is 5.98. The van der Waals surface area contributed by atoms with Crippen molar-refractivity contribution in [2.45, 2.75) is 32.7 Å². The summed E-state index contributed by atoms with van der Waals surface area (Å²) in [5.74, 6) is 0.246. The minimum Gasteiger partial charge on any atom is -0.295 e. The van der Waals surface area contributed by atoms with Crippen LogP contribution in [0.1, 0.15) is 31.7 Å². The van der Waals surface area contributed by atoms with Gasteiger partial charge in [-0.25, -0.2) is 0 Å². The summed E-state index contributed by atoms with van der Waals surface area (Å²) >= 11 is 0. The number of hydrogen-bond donors (Lipinski definition) is 0. The van der Waals surface area contributed by atoms with Crippen LogP contribution in [0.3, 0.4) is 0 Å². The van der Waals surface area contributed by atoms with E-state index in [2.05, 4.69) is 12.0 Å². The maximum absolute atomic E-state index is 11.2. The van der Waals surface area contributed by atoms with Gasteiger partial charge in [0, 0.05) is 24.7 Å². The number of carbonyl (C=O) groups is 1. The Hall–Kier alpha value is -1.38. The van der Waals surface area contributed by atoms with E-state index in [1.807, 2.05) is 17.1 Å². The summed E-state index contributed by atoms with van der Waals surface area (Å²) in [6.45, 7) is 2.93. The number of ketones is 1. The van der Waals surface area contributed by atoms with Gasteiger partial charge in [0.2, 0.25) is 0 Å². The maximum Gasteiger partial charge on any atom is 0.155 e. The highest BCUT2D eigenvalue weighted by atomic mass is 16.1. The van der Waals surface area contributed by atoms with Gasteiger partial charge in [-0.3, -0.25) is 9.48 Å². The van der Waals surface area contributed by atoms with Gasteiger partial charge in [0.1, 0.15) is 0 Å². The predicted octanol–water partition coefficient (Wildman–Crippen LogP) is 2.04. The summed E-state index contributed by atoms with van der Waals surface area (Å²) in [6, 6.07) is 0. The number of carbonyl (C=O) groups excluding carboxylic acids is 1. The minimum atomic E-state index is 0.246. The van der Waals surface area contributed by atoms with Crippen molar-refractivity contribution in [1.29, 1.82) is 0 Å². The summed E-state index contributed by atoms with van der Waals surface area (Å²) in [5, 5.41) is 4.20. The van der Waals surface area contributed by atoms with Crippen LogP contribution in [0.25, 0.3) is 5.57 Å². The van der Waals surface area contributed by atoms with Crippen molar-refractivity contribution in [3.05, 3.63) is 24.0 Å². The lowest BCUT2D eigenvalue weighted by atomic mass is 9.95. The molecule has 3 nitrogen and oxygen atoms in total. The Labute approximate surface area is 83.4 Å². The molecule has 0 aromatic carbocycles. The second-order valence-corrected chi connectivity index (χ2v) is 3.57. The topological polar surface area (TPSA) is 34.9 Å². The molecule has 1 heterocycles. The Morgan fingerprint density at radius 2 is 2.36 bits per heavy atom. The van der Waals surface area contributed by atoms with E-state index in [4.69, 9.17) is 0 Å². The van der Waals surface area contributed by atoms with Crippen molar-refractivity contribution in [2.75, 3.05) is 0 Å². The molecule has 0 spiro atoms. The lowest BCUT2D eigenvalue weighted by Crippen LogP contribution is -2.01. The molecular formula is C11H14N2O. The molecule has 0 bridgehead atoms. The normalized spacial score (nSPS) is 16.9. The molecule has 14 heavy (non-hydrogen) atoms. The van der Waals surface area contributed by atoms with E-state index in [1.54, 1.807) is 6.08 Å². The highest BCUT2D eigenvalue weighted by Gasteiger charge is 2.12. The summed E-state index contributed by atoms with van der Waals surface area (Å²) < 4.78 is 1.88. The Balaban J connectivity index is 2.25. The predicted molar refractivity (Wildman–Crippen MR) is 54.7 cm³/mol. The molecule has 0 saturated carbocycles. The number of hydrogen-bond acceptors (Lipinski definition) is 2. The van der Waals surface area contributed by atoms with Gasteiger partial charge in [-0.05, 0) is 31.4 Å². The fourth-order valence-electron chi connectivity index (χ4n) is 1.72. The molecule has 2 rings (SSSR count). The zero-order chi connectivity index (χ0) is 9.97. The zero-order valence-electron chi connectivity index (χ0n) is 8.36. The van der Waals surface area contributed by atoms with Crippen molar-refractivity contribution >= 4 is 11.4 Å². The number of nitrogens with zero attached hydrogens (tertiary/aromatic N) is 2. The van der Waals surface area contributed by atoms with Crippen molar-refractivity contribution in [1.82, 2.24) is 9.78 Å². The molecule has 1 aliphatic carbocycles. The minimum absolute atomic E-state index is 0.246. The summed E-state index contributed by atoms with van der Waals surface area (Å²) in [7, 11) is 0. The molecule has 0 saturated heterocycles. The SMILES string of the molecule is CCn1cc(C2=CC(=O)CCC2)cn1. The highest BCUT2D eigenvalue weighted by Crippen LogP contribution is 2.24. The third-order valence-electron chi connectivity index (χ3n) is 2.53. The molecule has 0 unspecified atom stereocenters. The lowest BCUT2D eigenvalue weighted by Gasteiger charge is -2.09. The first-order chi connectivity index (χ1) is 6.79. The number of allylic oxidation sites excluding steroid dienone is 2. The molecule has 1 aromatic rings. The van der Waals surface area contributed by atoms with E-state index in [9.17, 15) is 4.79 Å². The number of aryl methyl sites for hydroxylation is 1. The lowest BCUT2D eigenvalue weighted by molar-refractivity contribution is -0.114. The van der Waals surface area contributed by atoms with E-state index in [1.165, 1.54) is 0 Å². The van der Waals surface area contributed by atoms with Crippen LogP contribution in [-0.4, -0.2) is 15.6 Å². The number of rotatable bonds is 2. The third-order valence-corrected chi connectivity index (χ3v) is 2.53. The Morgan fingerprint density at radius 1 is 1.50 bits per heavy atom. The van der Waals surface area contributed by atoms with Gasteiger partial charge in [0.15, 0.2) is 5.78 Å². The number of aromatic nitrogens is 2. The van der Waals surface area contributed by atoms with Crippen LogP contribution in [-0.2, 0) is 11.3 Å². The van der Waals surface area contributed by atoms with Crippen LogP contribution in [0.5, 0.6) is 0 Å². The zero-order valence-corrected chi connectivity index (χ0v) is 8.36. The van der Waals surface area contributed by atoms with Gasteiger partial charge in [-0.2, -0.15) is 5.10 Å². The summed E-state index contributed by atoms with van der Waals surface area (Å²) in [4.78, 5) is 11.2. The monoisotopic (exact) mass is 190 g/mol. The second kappa shape index (κ2) is 3.78. The summed E-state index contributed by atoms with van der Waals surface area (Å²) in [5.41, 5.74) is 2.24. The quantitative estimate of drug-likeness (QED) is 0.715. The molecule has 0 N–H and O–H groups in total. The van der Waals surface area contributed by atoms with Gasteiger partial charge in [0.05, 0.1) is 6.20 Å². The van der Waals surface area contributed by atoms with Crippen molar-refractivity contribution in [2.24, 2.45) is 0 Å². The Morgan fingerprint density at radius 3 is 3.00 bits per heavy atom. The maximum atomic E-state index is 11.2. The van der Waals surface area contributed by atoms with Crippen molar-refractivity contribution < 1.29 is 4.79 Å². The second-order valence-electron chi connectivity index (χ2n) is 3.57. The first kappa shape index (κ1) is 9.19. The molecule has 1 aromatic heterocycles. The molecular weight excluding hydrogens is 176 g/mol. The van der Waals surface area contributed by atoms with Gasteiger partial charge >= 0.3 is 0 Å². The van der Waals surface area contributed by atoms with Gasteiger partial charge in [-0.1, -0.05) is 0 Å². The Kier molecular flexibility index (Phi) is 2.48. The van der Waals surface area contributed by atoms with Crippen LogP contribution in [0.2, 0.25) is 0 Å². The van der Waals surface area contributed by atoms with Gasteiger partial charge < -0.3 is 0 Å². The molecule has 3 heteroatoms. The fraction of sp³-hybridized carbons (Fsp3) is 0.455. The Bertz CT molecular complexity index is 376. The largest absolute Gasteiger partial charge is 0.295 e. The van der Waals surface area contributed by atoms with Crippen LogP contribution in [0.4, 0.5) is 0 Å². The molecule has 0 fully saturated rings. The van der Waals surface area contributed by atoms with E-state index in [0.717, 1.165) is 30.5 Å². The average molecular weight is 190 g/mol. The average Bonchev–Trinajstić information content (AvgIpc) is 2.66. The van der Waals surface area contributed by atoms with E-state index >= 15 is 0 Å². The molecule has 0 amide bonds.